The molecule has 3 amide bonds. The first kappa shape index (κ1) is 20.7. The highest BCUT2D eigenvalue weighted by Crippen LogP contribution is 2.41. The minimum atomic E-state index is -0.454. The number of likely N-dealkylation sites (tertiary alicyclic amines) is 1. The molecule has 2 saturated heterocycles. The minimum absolute atomic E-state index is 0.0109. The topological polar surface area (TPSA) is 79.0 Å². The fourth-order valence-electron chi connectivity index (χ4n) is 5.18. The zero-order valence-electron chi connectivity index (χ0n) is 18.0. The molecule has 3 heterocycles. The second-order valence-corrected chi connectivity index (χ2v) is 8.89. The number of anilines is 1. The van der Waals surface area contributed by atoms with Gasteiger partial charge in [-0.2, -0.15) is 0 Å². The average molecular weight is 434 g/mol. The van der Waals surface area contributed by atoms with Crippen LogP contribution < -0.4 is 5.32 Å². The highest BCUT2D eigenvalue weighted by molar-refractivity contribution is 6.01. The number of nitrogens with one attached hydrogen (secondary N) is 1. The molecular formula is C25H27N3O4. The number of hydroxylamine groups is 2. The number of fused-ring (bicyclic) bond motifs is 1. The van der Waals surface area contributed by atoms with Gasteiger partial charge in [-0.1, -0.05) is 48.5 Å². The predicted molar refractivity (Wildman–Crippen MR) is 118 cm³/mol. The quantitative estimate of drug-likeness (QED) is 0.803. The van der Waals surface area contributed by atoms with E-state index in [-0.39, 0.29) is 29.7 Å². The molecule has 3 aliphatic rings. The summed E-state index contributed by atoms with van der Waals surface area (Å²) >= 11 is 0. The van der Waals surface area contributed by atoms with E-state index in [2.05, 4.69) is 5.32 Å². The first-order chi connectivity index (χ1) is 15.6. The lowest BCUT2D eigenvalue weighted by Crippen LogP contribution is -2.54. The summed E-state index contributed by atoms with van der Waals surface area (Å²) in [6, 6.07) is 17.3. The van der Waals surface area contributed by atoms with Crippen molar-refractivity contribution in [1.82, 2.24) is 9.96 Å². The van der Waals surface area contributed by atoms with Crippen molar-refractivity contribution in [3.05, 3.63) is 65.7 Å². The maximum absolute atomic E-state index is 13.4. The number of nitrogens with zero attached hydrogens (tertiary/aromatic N) is 2. The van der Waals surface area contributed by atoms with Gasteiger partial charge in [-0.3, -0.25) is 19.2 Å². The van der Waals surface area contributed by atoms with Crippen LogP contribution in [0.2, 0.25) is 0 Å². The fraction of sp³-hybridized carbons (Fsp3) is 0.400. The Kier molecular flexibility index (Phi) is 5.43. The second kappa shape index (κ2) is 8.39. The summed E-state index contributed by atoms with van der Waals surface area (Å²) in [7, 11) is 0. The monoisotopic (exact) mass is 433 g/mol. The number of hydrogen-bond acceptors (Lipinski definition) is 4. The Morgan fingerprint density at radius 3 is 2.50 bits per heavy atom. The van der Waals surface area contributed by atoms with Crippen molar-refractivity contribution in [1.29, 1.82) is 0 Å². The molecule has 7 nitrogen and oxygen atoms in total. The smallest absolute Gasteiger partial charge is 0.246 e. The molecule has 1 spiro atoms. The summed E-state index contributed by atoms with van der Waals surface area (Å²) in [6.45, 7) is 1.46. The normalized spacial score (nSPS) is 22.1. The van der Waals surface area contributed by atoms with Gasteiger partial charge in [0.05, 0.1) is 11.5 Å². The molecule has 166 valence electrons. The van der Waals surface area contributed by atoms with E-state index in [1.807, 2.05) is 59.5 Å². The van der Waals surface area contributed by atoms with Gasteiger partial charge in [-0.25, -0.2) is 5.06 Å². The zero-order valence-corrected chi connectivity index (χ0v) is 18.0. The Hall–Kier alpha value is -3.19. The lowest BCUT2D eigenvalue weighted by molar-refractivity contribution is -0.222. The van der Waals surface area contributed by atoms with Gasteiger partial charge in [-0.05, 0) is 36.5 Å². The van der Waals surface area contributed by atoms with Crippen molar-refractivity contribution in [2.45, 2.75) is 50.2 Å². The van der Waals surface area contributed by atoms with E-state index in [1.54, 1.807) is 5.06 Å². The SMILES string of the molecule is O=C1CC(C(=O)N2CCC3(CCC(=O)N3OCc3ccccc3)CC2)c2ccccc2N1. The maximum atomic E-state index is 13.4. The molecule has 2 aromatic carbocycles. The van der Waals surface area contributed by atoms with Crippen molar-refractivity contribution in [3.8, 4) is 0 Å². The van der Waals surface area contributed by atoms with Crippen LogP contribution in [0.5, 0.6) is 0 Å². The Morgan fingerprint density at radius 1 is 1.00 bits per heavy atom. The molecule has 2 fully saturated rings. The van der Waals surface area contributed by atoms with Crippen molar-refractivity contribution < 1.29 is 19.2 Å². The van der Waals surface area contributed by atoms with Crippen LogP contribution in [0.15, 0.2) is 54.6 Å². The first-order valence-electron chi connectivity index (χ1n) is 11.2. The summed E-state index contributed by atoms with van der Waals surface area (Å²) in [5, 5.41) is 4.44. The third-order valence-corrected chi connectivity index (χ3v) is 6.97. The van der Waals surface area contributed by atoms with E-state index in [1.165, 1.54) is 0 Å². The van der Waals surface area contributed by atoms with Crippen molar-refractivity contribution in [2.24, 2.45) is 0 Å². The van der Waals surface area contributed by atoms with Crippen molar-refractivity contribution in [2.75, 3.05) is 18.4 Å². The van der Waals surface area contributed by atoms with E-state index in [0.717, 1.165) is 23.2 Å². The molecule has 1 N–H and O–H groups in total. The molecule has 1 atom stereocenters. The summed E-state index contributed by atoms with van der Waals surface area (Å²) in [5.74, 6) is -0.580. The summed E-state index contributed by atoms with van der Waals surface area (Å²) < 4.78 is 0. The van der Waals surface area contributed by atoms with Crippen molar-refractivity contribution >= 4 is 23.4 Å². The molecule has 0 bridgehead atoms. The average Bonchev–Trinajstić information content (AvgIpc) is 3.12. The third-order valence-electron chi connectivity index (χ3n) is 6.97. The number of benzene rings is 2. The minimum Gasteiger partial charge on any atom is -0.342 e. The van der Waals surface area contributed by atoms with E-state index in [0.29, 0.717) is 39.0 Å². The molecule has 1 unspecified atom stereocenters. The molecular weight excluding hydrogens is 406 g/mol. The van der Waals surface area contributed by atoms with E-state index in [9.17, 15) is 14.4 Å². The van der Waals surface area contributed by atoms with E-state index >= 15 is 0 Å². The van der Waals surface area contributed by atoms with Crippen LogP contribution in [-0.2, 0) is 25.8 Å². The molecule has 0 aliphatic carbocycles. The summed E-state index contributed by atoms with van der Waals surface area (Å²) in [5.41, 5.74) is 2.26. The Balaban J connectivity index is 1.26. The van der Waals surface area contributed by atoms with Gasteiger partial charge in [-0.15, -0.1) is 0 Å². The van der Waals surface area contributed by atoms with Crippen LogP contribution in [0, 0.1) is 0 Å². The molecule has 0 aromatic heterocycles. The van der Waals surface area contributed by atoms with Gasteiger partial charge in [0.25, 0.3) is 0 Å². The standard InChI is InChI=1S/C25H27N3O4/c29-22-16-20(19-8-4-5-9-21(19)26-22)24(31)27-14-12-25(13-15-27)11-10-23(30)28(25)32-17-18-6-2-1-3-7-18/h1-9,20H,10-17H2,(H,26,29). The number of rotatable bonds is 4. The fourth-order valence-corrected chi connectivity index (χ4v) is 5.18. The molecule has 32 heavy (non-hydrogen) atoms. The Morgan fingerprint density at radius 2 is 1.72 bits per heavy atom. The summed E-state index contributed by atoms with van der Waals surface area (Å²) in [4.78, 5) is 45.9. The van der Waals surface area contributed by atoms with E-state index in [4.69, 9.17) is 4.84 Å². The highest BCUT2D eigenvalue weighted by Gasteiger charge is 2.49. The third kappa shape index (κ3) is 3.77. The molecule has 0 saturated carbocycles. The largest absolute Gasteiger partial charge is 0.342 e. The lowest BCUT2D eigenvalue weighted by atomic mass is 9.84. The number of carbonyl (C=O) groups excluding carboxylic acids is 3. The molecule has 2 aromatic rings. The Bertz CT molecular complexity index is 1030. The molecule has 3 aliphatic heterocycles. The van der Waals surface area contributed by atoms with E-state index < -0.39 is 5.92 Å². The van der Waals surface area contributed by atoms with Crippen LogP contribution in [-0.4, -0.2) is 46.3 Å². The van der Waals surface area contributed by atoms with Crippen LogP contribution in [0.3, 0.4) is 0 Å². The van der Waals surface area contributed by atoms with Crippen LogP contribution in [0.4, 0.5) is 5.69 Å². The van der Waals surface area contributed by atoms with Gasteiger partial charge in [0.15, 0.2) is 0 Å². The first-order valence-corrected chi connectivity index (χ1v) is 11.2. The maximum Gasteiger partial charge on any atom is 0.246 e. The second-order valence-electron chi connectivity index (χ2n) is 8.89. The van der Waals surface area contributed by atoms with Gasteiger partial charge in [0.2, 0.25) is 17.7 Å². The van der Waals surface area contributed by atoms with Crippen LogP contribution in [0.1, 0.15) is 49.1 Å². The van der Waals surface area contributed by atoms with Gasteiger partial charge >= 0.3 is 0 Å². The van der Waals surface area contributed by atoms with Gasteiger partial charge < -0.3 is 10.2 Å². The highest BCUT2D eigenvalue weighted by atomic mass is 16.7. The number of amides is 3. The zero-order chi connectivity index (χ0) is 22.1. The number of para-hydroxylation sites is 1. The van der Waals surface area contributed by atoms with Crippen LogP contribution >= 0.6 is 0 Å². The molecule has 7 heteroatoms. The van der Waals surface area contributed by atoms with Gasteiger partial charge in [0, 0.05) is 31.6 Å². The number of hydrogen-bond donors (Lipinski definition) is 1. The molecule has 0 radical (unpaired) electrons. The lowest BCUT2D eigenvalue weighted by Gasteiger charge is -2.44. The van der Waals surface area contributed by atoms with Crippen LogP contribution in [0.25, 0.3) is 0 Å². The number of piperidine rings is 1. The number of carbonyl (C=O) groups is 3. The predicted octanol–water partition coefficient (Wildman–Crippen LogP) is 3.23. The molecule has 5 rings (SSSR count). The van der Waals surface area contributed by atoms with Crippen molar-refractivity contribution in [3.63, 3.8) is 0 Å². The Labute approximate surface area is 187 Å². The summed E-state index contributed by atoms with van der Waals surface area (Å²) in [6.07, 6.45) is 2.75. The van der Waals surface area contributed by atoms with Gasteiger partial charge in [0.1, 0.15) is 6.61 Å².